The zero-order valence-corrected chi connectivity index (χ0v) is 8.96. The van der Waals surface area contributed by atoms with E-state index in [0.29, 0.717) is 5.41 Å². The maximum atomic E-state index is 4.24. The molecule has 1 N–H and O–H groups in total. The van der Waals surface area contributed by atoms with Crippen molar-refractivity contribution in [2.75, 3.05) is 6.54 Å². The minimum absolute atomic E-state index is 0.338. The molecule has 3 nitrogen and oxygen atoms in total. The summed E-state index contributed by atoms with van der Waals surface area (Å²) in [4.78, 5) is 4.24. The fourth-order valence-electron chi connectivity index (χ4n) is 1.12. The Morgan fingerprint density at radius 1 is 1.46 bits per heavy atom. The first-order chi connectivity index (χ1) is 5.99. The summed E-state index contributed by atoms with van der Waals surface area (Å²) >= 11 is 0. The van der Waals surface area contributed by atoms with E-state index in [1.165, 1.54) is 0 Å². The fraction of sp³-hybridized carbons (Fsp3) is 0.700. The van der Waals surface area contributed by atoms with Gasteiger partial charge in [0.1, 0.15) is 5.82 Å². The highest BCUT2D eigenvalue weighted by Gasteiger charge is 2.09. The van der Waals surface area contributed by atoms with Gasteiger partial charge in [0.2, 0.25) is 0 Å². The van der Waals surface area contributed by atoms with Gasteiger partial charge in [-0.1, -0.05) is 20.8 Å². The van der Waals surface area contributed by atoms with Crippen LogP contribution in [0.4, 0.5) is 0 Å². The third kappa shape index (κ3) is 3.59. The van der Waals surface area contributed by atoms with Gasteiger partial charge in [0.15, 0.2) is 0 Å². The zero-order chi connectivity index (χ0) is 9.90. The summed E-state index contributed by atoms with van der Waals surface area (Å²) in [7, 11) is 2.01. The summed E-state index contributed by atoms with van der Waals surface area (Å²) in [6.07, 6.45) is 3.79. The molecule has 0 aliphatic heterocycles. The normalized spacial score (nSPS) is 12.0. The van der Waals surface area contributed by atoms with E-state index in [1.807, 2.05) is 24.0 Å². The van der Waals surface area contributed by atoms with E-state index in [0.717, 1.165) is 18.9 Å². The van der Waals surface area contributed by atoms with Crippen LogP contribution in [-0.4, -0.2) is 16.1 Å². The SMILES string of the molecule is Cn1ccnc1CNCC(C)(C)C. The predicted molar refractivity (Wildman–Crippen MR) is 54.4 cm³/mol. The van der Waals surface area contributed by atoms with Crippen LogP contribution in [0, 0.1) is 5.41 Å². The van der Waals surface area contributed by atoms with Crippen molar-refractivity contribution in [2.45, 2.75) is 27.3 Å². The maximum Gasteiger partial charge on any atom is 0.122 e. The molecule has 13 heavy (non-hydrogen) atoms. The Bertz CT molecular complexity index is 257. The van der Waals surface area contributed by atoms with Crippen LogP contribution in [0.25, 0.3) is 0 Å². The van der Waals surface area contributed by atoms with Gasteiger partial charge < -0.3 is 9.88 Å². The van der Waals surface area contributed by atoms with Crippen LogP contribution in [0.15, 0.2) is 12.4 Å². The molecule has 0 atom stereocenters. The molecule has 1 heterocycles. The van der Waals surface area contributed by atoms with E-state index in [2.05, 4.69) is 31.1 Å². The van der Waals surface area contributed by atoms with Crippen LogP contribution >= 0.6 is 0 Å². The molecular weight excluding hydrogens is 162 g/mol. The summed E-state index contributed by atoms with van der Waals surface area (Å²) in [5.74, 6) is 1.09. The highest BCUT2D eigenvalue weighted by molar-refractivity contribution is 4.90. The van der Waals surface area contributed by atoms with Crippen LogP contribution in [0.1, 0.15) is 26.6 Å². The molecule has 1 aromatic rings. The van der Waals surface area contributed by atoms with Gasteiger partial charge in [-0.25, -0.2) is 4.98 Å². The quantitative estimate of drug-likeness (QED) is 0.767. The fourth-order valence-corrected chi connectivity index (χ4v) is 1.12. The molecule has 74 valence electrons. The summed E-state index contributed by atoms with van der Waals surface area (Å²) in [6, 6.07) is 0. The molecule has 0 radical (unpaired) electrons. The molecule has 1 aromatic heterocycles. The molecular formula is C10H19N3. The van der Waals surface area contributed by atoms with Gasteiger partial charge in [0, 0.05) is 26.0 Å². The lowest BCUT2D eigenvalue weighted by Crippen LogP contribution is -2.27. The zero-order valence-electron chi connectivity index (χ0n) is 8.96. The molecule has 0 amide bonds. The first kappa shape index (κ1) is 10.3. The van der Waals surface area contributed by atoms with E-state index < -0.39 is 0 Å². The smallest absolute Gasteiger partial charge is 0.122 e. The summed E-state index contributed by atoms with van der Waals surface area (Å²) in [6.45, 7) is 8.52. The molecule has 0 aliphatic carbocycles. The third-order valence-electron chi connectivity index (χ3n) is 1.86. The van der Waals surface area contributed by atoms with E-state index in [1.54, 1.807) is 0 Å². The number of imidazole rings is 1. The van der Waals surface area contributed by atoms with Gasteiger partial charge in [-0.15, -0.1) is 0 Å². The Labute approximate surface area is 80.2 Å². The second kappa shape index (κ2) is 3.92. The summed E-state index contributed by atoms with van der Waals surface area (Å²) < 4.78 is 2.04. The highest BCUT2D eigenvalue weighted by Crippen LogP contribution is 2.10. The van der Waals surface area contributed by atoms with Crippen LogP contribution < -0.4 is 5.32 Å². The number of rotatable bonds is 3. The van der Waals surface area contributed by atoms with E-state index >= 15 is 0 Å². The van der Waals surface area contributed by atoms with Crippen LogP contribution in [0.5, 0.6) is 0 Å². The third-order valence-corrected chi connectivity index (χ3v) is 1.86. The van der Waals surface area contributed by atoms with Crippen molar-refractivity contribution in [1.29, 1.82) is 0 Å². The van der Waals surface area contributed by atoms with Crippen molar-refractivity contribution in [2.24, 2.45) is 12.5 Å². The number of aromatic nitrogens is 2. The molecule has 0 saturated heterocycles. The molecule has 3 heteroatoms. The van der Waals surface area contributed by atoms with Gasteiger partial charge in [-0.3, -0.25) is 0 Å². The minimum atomic E-state index is 0.338. The van der Waals surface area contributed by atoms with E-state index in [9.17, 15) is 0 Å². The maximum absolute atomic E-state index is 4.24. The van der Waals surface area contributed by atoms with Gasteiger partial charge in [-0.05, 0) is 5.41 Å². The standard InChI is InChI=1S/C10H19N3/c1-10(2,3)8-11-7-9-12-5-6-13(9)4/h5-6,11H,7-8H2,1-4H3. The van der Waals surface area contributed by atoms with E-state index in [-0.39, 0.29) is 0 Å². The van der Waals surface area contributed by atoms with Gasteiger partial charge >= 0.3 is 0 Å². The number of aryl methyl sites for hydroxylation is 1. The molecule has 0 aromatic carbocycles. The Kier molecular flexibility index (Phi) is 3.09. The molecule has 0 aliphatic rings. The molecule has 0 bridgehead atoms. The van der Waals surface area contributed by atoms with Crippen molar-refractivity contribution >= 4 is 0 Å². The van der Waals surface area contributed by atoms with E-state index in [4.69, 9.17) is 0 Å². The minimum Gasteiger partial charge on any atom is -0.337 e. The second-order valence-electron chi connectivity index (χ2n) is 4.62. The Hall–Kier alpha value is -0.830. The Morgan fingerprint density at radius 3 is 2.62 bits per heavy atom. The van der Waals surface area contributed by atoms with Crippen molar-refractivity contribution < 1.29 is 0 Å². The van der Waals surface area contributed by atoms with Crippen molar-refractivity contribution in [3.05, 3.63) is 18.2 Å². The average molecular weight is 181 g/mol. The Morgan fingerprint density at radius 2 is 2.15 bits per heavy atom. The lowest BCUT2D eigenvalue weighted by atomic mass is 9.97. The summed E-state index contributed by atoms with van der Waals surface area (Å²) in [5, 5.41) is 3.39. The highest BCUT2D eigenvalue weighted by atomic mass is 15.1. The van der Waals surface area contributed by atoms with Crippen LogP contribution in [0.2, 0.25) is 0 Å². The average Bonchev–Trinajstić information content (AvgIpc) is 2.34. The predicted octanol–water partition coefficient (Wildman–Crippen LogP) is 1.56. The number of nitrogens with one attached hydrogen (secondary N) is 1. The largest absolute Gasteiger partial charge is 0.337 e. The first-order valence-electron chi connectivity index (χ1n) is 4.66. The molecule has 0 saturated carbocycles. The van der Waals surface area contributed by atoms with Crippen molar-refractivity contribution in [3.63, 3.8) is 0 Å². The molecule has 0 fully saturated rings. The number of hydrogen-bond acceptors (Lipinski definition) is 2. The summed E-state index contributed by atoms with van der Waals surface area (Å²) in [5.41, 5.74) is 0.338. The van der Waals surface area contributed by atoms with Gasteiger partial charge in [-0.2, -0.15) is 0 Å². The molecule has 0 spiro atoms. The molecule has 1 rings (SSSR count). The van der Waals surface area contributed by atoms with Crippen molar-refractivity contribution in [3.8, 4) is 0 Å². The van der Waals surface area contributed by atoms with Crippen molar-refractivity contribution in [1.82, 2.24) is 14.9 Å². The number of nitrogens with zero attached hydrogens (tertiary/aromatic N) is 2. The first-order valence-corrected chi connectivity index (χ1v) is 4.66. The lowest BCUT2D eigenvalue weighted by Gasteiger charge is -2.18. The Balaban J connectivity index is 2.32. The lowest BCUT2D eigenvalue weighted by molar-refractivity contribution is 0.376. The van der Waals surface area contributed by atoms with Crippen LogP contribution in [0.3, 0.4) is 0 Å². The topological polar surface area (TPSA) is 29.9 Å². The number of hydrogen-bond donors (Lipinski definition) is 1. The van der Waals surface area contributed by atoms with Gasteiger partial charge in [0.05, 0.1) is 6.54 Å². The second-order valence-corrected chi connectivity index (χ2v) is 4.62. The van der Waals surface area contributed by atoms with Gasteiger partial charge in [0.25, 0.3) is 0 Å². The monoisotopic (exact) mass is 181 g/mol. The molecule has 0 unspecified atom stereocenters. The van der Waals surface area contributed by atoms with Crippen LogP contribution in [-0.2, 0) is 13.6 Å².